The Morgan fingerprint density at radius 1 is 0.727 bits per heavy atom. The molecule has 0 unspecified atom stereocenters. The molecule has 13 nitrogen and oxygen atoms in total. The zero-order chi connectivity index (χ0) is 24.5. The molecular formula is C18H22N4O9S2. The van der Waals surface area contributed by atoms with Gasteiger partial charge in [0.15, 0.2) is 0 Å². The molecule has 2 aromatic rings. The quantitative estimate of drug-likeness (QED) is 0.219. The van der Waals surface area contributed by atoms with Crippen LogP contribution in [0.3, 0.4) is 0 Å². The molecule has 2 aromatic carbocycles. The summed E-state index contributed by atoms with van der Waals surface area (Å²) in [6.45, 7) is 0.499. The Hall–Kier alpha value is -2.98. The van der Waals surface area contributed by atoms with Gasteiger partial charge in [0.2, 0.25) is 20.0 Å². The maximum atomic E-state index is 12.2. The molecule has 0 heterocycles. The van der Waals surface area contributed by atoms with Crippen molar-refractivity contribution in [2.45, 2.75) is 22.6 Å². The Morgan fingerprint density at radius 3 is 1.48 bits per heavy atom. The van der Waals surface area contributed by atoms with E-state index in [1.54, 1.807) is 0 Å². The molecule has 0 atom stereocenters. The van der Waals surface area contributed by atoms with Gasteiger partial charge < -0.3 is 4.74 Å². The highest BCUT2D eigenvalue weighted by Gasteiger charge is 2.18. The van der Waals surface area contributed by atoms with E-state index in [2.05, 4.69) is 9.44 Å². The lowest BCUT2D eigenvalue weighted by molar-refractivity contribution is -0.385. The Kier molecular flexibility index (Phi) is 9.36. The maximum Gasteiger partial charge on any atom is 0.270 e. The summed E-state index contributed by atoms with van der Waals surface area (Å²) in [6, 6.07) is 9.38. The Bertz CT molecular complexity index is 1110. The summed E-state index contributed by atoms with van der Waals surface area (Å²) in [6.07, 6.45) is 0.654. The van der Waals surface area contributed by atoms with Crippen LogP contribution in [0.4, 0.5) is 11.4 Å². The Balaban J connectivity index is 1.66. The van der Waals surface area contributed by atoms with Crippen molar-refractivity contribution < 1.29 is 31.4 Å². The van der Waals surface area contributed by atoms with Gasteiger partial charge in [-0.05, 0) is 25.0 Å². The van der Waals surface area contributed by atoms with E-state index in [1.165, 1.54) is 36.4 Å². The minimum atomic E-state index is -3.90. The predicted octanol–water partition coefficient (Wildman–Crippen LogP) is 1.56. The number of ether oxygens (including phenoxy) is 1. The molecule has 2 rings (SSSR count). The highest BCUT2D eigenvalue weighted by atomic mass is 32.2. The van der Waals surface area contributed by atoms with E-state index in [4.69, 9.17) is 4.74 Å². The number of nitrogens with zero attached hydrogens (tertiary/aromatic N) is 2. The molecule has 33 heavy (non-hydrogen) atoms. The number of non-ortho nitro benzene ring substituents is 2. The van der Waals surface area contributed by atoms with E-state index in [0.717, 1.165) is 12.1 Å². The summed E-state index contributed by atoms with van der Waals surface area (Å²) in [5.41, 5.74) is -0.662. The molecule has 15 heteroatoms. The van der Waals surface area contributed by atoms with Gasteiger partial charge in [-0.15, -0.1) is 0 Å². The van der Waals surface area contributed by atoms with Crippen molar-refractivity contribution in [3.8, 4) is 0 Å². The zero-order valence-corrected chi connectivity index (χ0v) is 18.9. The number of nitro benzene ring substituents is 2. The highest BCUT2D eigenvalue weighted by molar-refractivity contribution is 7.89. The van der Waals surface area contributed by atoms with Crippen LogP contribution in [-0.4, -0.2) is 53.0 Å². The molecule has 180 valence electrons. The van der Waals surface area contributed by atoms with Gasteiger partial charge in [-0.1, -0.05) is 12.1 Å². The first-order valence-corrected chi connectivity index (χ1v) is 12.6. The minimum Gasteiger partial charge on any atom is -0.381 e. The van der Waals surface area contributed by atoms with Crippen LogP contribution in [0.5, 0.6) is 0 Å². The SMILES string of the molecule is O=[N+]([O-])c1cccc(S(=O)(=O)NCCCOCCCNS(=O)(=O)c2cccc([N+](=O)[O-])c2)c1. The van der Waals surface area contributed by atoms with Crippen LogP contribution in [0.15, 0.2) is 58.3 Å². The summed E-state index contributed by atoms with van der Waals surface area (Å²) >= 11 is 0. The van der Waals surface area contributed by atoms with Crippen molar-refractivity contribution in [2.75, 3.05) is 26.3 Å². The third-order valence-electron chi connectivity index (χ3n) is 4.19. The van der Waals surface area contributed by atoms with Gasteiger partial charge >= 0.3 is 0 Å². The molecule has 0 saturated heterocycles. The van der Waals surface area contributed by atoms with Gasteiger partial charge in [-0.3, -0.25) is 20.2 Å². The first kappa shape index (κ1) is 26.3. The number of sulfonamides is 2. The Morgan fingerprint density at radius 2 is 1.12 bits per heavy atom. The monoisotopic (exact) mass is 502 g/mol. The fourth-order valence-corrected chi connectivity index (χ4v) is 4.79. The van der Waals surface area contributed by atoms with Crippen molar-refractivity contribution >= 4 is 31.4 Å². The maximum absolute atomic E-state index is 12.2. The highest BCUT2D eigenvalue weighted by Crippen LogP contribution is 2.18. The van der Waals surface area contributed by atoms with Crippen LogP contribution >= 0.6 is 0 Å². The van der Waals surface area contributed by atoms with Crippen LogP contribution in [0.1, 0.15) is 12.8 Å². The summed E-state index contributed by atoms with van der Waals surface area (Å²) in [4.78, 5) is 19.7. The molecule has 0 aliphatic rings. The number of rotatable bonds is 14. The molecule has 0 spiro atoms. The van der Waals surface area contributed by atoms with E-state index < -0.39 is 29.9 Å². The van der Waals surface area contributed by atoms with Gasteiger partial charge in [0.25, 0.3) is 11.4 Å². The third kappa shape index (κ3) is 8.14. The van der Waals surface area contributed by atoms with Gasteiger partial charge in [0.1, 0.15) is 0 Å². The van der Waals surface area contributed by atoms with Crippen molar-refractivity contribution in [1.29, 1.82) is 0 Å². The first-order valence-electron chi connectivity index (χ1n) is 9.59. The molecular weight excluding hydrogens is 480 g/mol. The molecule has 0 fully saturated rings. The summed E-state index contributed by atoms with van der Waals surface area (Å²) in [5.74, 6) is 0. The second-order valence-electron chi connectivity index (χ2n) is 6.62. The lowest BCUT2D eigenvalue weighted by Crippen LogP contribution is -2.26. The van der Waals surface area contributed by atoms with E-state index in [1.807, 2.05) is 0 Å². The van der Waals surface area contributed by atoms with Crippen molar-refractivity contribution in [3.05, 3.63) is 68.8 Å². The molecule has 0 aliphatic heterocycles. The average Bonchev–Trinajstić information content (AvgIpc) is 2.78. The zero-order valence-electron chi connectivity index (χ0n) is 17.2. The topological polar surface area (TPSA) is 188 Å². The van der Waals surface area contributed by atoms with E-state index in [-0.39, 0.29) is 47.5 Å². The fraction of sp³-hybridized carbons (Fsp3) is 0.333. The molecule has 0 aliphatic carbocycles. The van der Waals surface area contributed by atoms with Crippen molar-refractivity contribution in [1.82, 2.24) is 9.44 Å². The predicted molar refractivity (Wildman–Crippen MR) is 117 cm³/mol. The summed E-state index contributed by atoms with van der Waals surface area (Å²) in [7, 11) is -7.80. The standard InChI is InChI=1S/C18H22N4O9S2/c23-21(24)15-5-1-7-17(13-15)32(27,28)19-9-3-11-31-12-4-10-20-33(29,30)18-8-2-6-16(14-18)22(25)26/h1-2,5-8,13-14,19-20H,3-4,9-12H2. The normalized spacial score (nSPS) is 11.9. The second-order valence-corrected chi connectivity index (χ2v) is 10.2. The van der Waals surface area contributed by atoms with Crippen molar-refractivity contribution in [3.63, 3.8) is 0 Å². The Labute approximate surface area is 190 Å². The van der Waals surface area contributed by atoms with Crippen LogP contribution in [0.2, 0.25) is 0 Å². The molecule has 0 bridgehead atoms. The first-order chi connectivity index (χ1) is 15.5. The molecule has 0 aromatic heterocycles. The molecule has 0 amide bonds. The number of hydrogen-bond acceptors (Lipinski definition) is 9. The van der Waals surface area contributed by atoms with Crippen LogP contribution in [0, 0.1) is 20.2 Å². The minimum absolute atomic E-state index is 0.0461. The van der Waals surface area contributed by atoms with E-state index in [0.29, 0.717) is 12.8 Å². The van der Waals surface area contributed by atoms with Crippen LogP contribution in [0.25, 0.3) is 0 Å². The lowest BCUT2D eigenvalue weighted by atomic mass is 10.3. The van der Waals surface area contributed by atoms with Crippen LogP contribution < -0.4 is 9.44 Å². The van der Waals surface area contributed by atoms with E-state index >= 15 is 0 Å². The molecule has 0 saturated carbocycles. The third-order valence-corrected chi connectivity index (χ3v) is 7.11. The number of nitro groups is 2. The number of hydrogen-bond donors (Lipinski definition) is 2. The van der Waals surface area contributed by atoms with Gasteiger partial charge in [0.05, 0.1) is 19.6 Å². The van der Waals surface area contributed by atoms with Gasteiger partial charge in [-0.25, -0.2) is 26.3 Å². The van der Waals surface area contributed by atoms with Gasteiger partial charge in [0, 0.05) is 50.6 Å². The van der Waals surface area contributed by atoms with Crippen LogP contribution in [-0.2, 0) is 24.8 Å². The molecule has 2 N–H and O–H groups in total. The number of benzene rings is 2. The molecule has 0 radical (unpaired) electrons. The summed E-state index contributed by atoms with van der Waals surface area (Å²) in [5, 5.41) is 21.5. The summed E-state index contributed by atoms with van der Waals surface area (Å²) < 4.78 is 58.7. The largest absolute Gasteiger partial charge is 0.381 e. The van der Waals surface area contributed by atoms with Crippen molar-refractivity contribution in [2.24, 2.45) is 0 Å². The lowest BCUT2D eigenvalue weighted by Gasteiger charge is -2.08. The second kappa shape index (κ2) is 11.8. The number of nitrogens with one attached hydrogen (secondary N) is 2. The van der Waals surface area contributed by atoms with Gasteiger partial charge in [-0.2, -0.15) is 0 Å². The van der Waals surface area contributed by atoms with E-state index in [9.17, 15) is 37.1 Å². The fourth-order valence-electron chi connectivity index (χ4n) is 2.56. The average molecular weight is 503 g/mol. The smallest absolute Gasteiger partial charge is 0.270 e.